The summed E-state index contributed by atoms with van der Waals surface area (Å²) in [6, 6.07) is 108. The molecule has 0 atom stereocenters. The first-order chi connectivity index (χ1) is 40.7. The van der Waals surface area contributed by atoms with Crippen LogP contribution in [0.3, 0.4) is 0 Å². The van der Waals surface area contributed by atoms with Gasteiger partial charge in [-0.2, -0.15) is 0 Å². The lowest BCUT2D eigenvalue weighted by atomic mass is 9.86. The first kappa shape index (κ1) is 48.1. The quantitative estimate of drug-likeness (QED) is 0.114. The Morgan fingerprint density at radius 2 is 0.537 bits per heavy atom. The zero-order chi connectivity index (χ0) is 54.3. The molecule has 4 heterocycles. The molecule has 0 aliphatic carbocycles. The summed E-state index contributed by atoms with van der Waals surface area (Å²) in [5.74, 6) is 0. The molecule has 0 amide bonds. The Bertz CT molecular complexity index is 4420. The molecule has 6 nitrogen and oxygen atoms in total. The summed E-state index contributed by atoms with van der Waals surface area (Å²) in [6.07, 6.45) is 4.20. The number of anilines is 6. The van der Waals surface area contributed by atoms with E-state index >= 15 is 0 Å². The molecule has 11 aromatic carbocycles. The normalized spacial score (nSPS) is 11.4. The number of fused-ring (bicyclic) bond motifs is 4. The zero-order valence-electron chi connectivity index (χ0n) is 44.7. The van der Waals surface area contributed by atoms with E-state index in [2.05, 4.69) is 322 Å². The van der Waals surface area contributed by atoms with Crippen LogP contribution in [0, 0.1) is 0 Å². The maximum atomic E-state index is 5.23. The third-order valence-corrected chi connectivity index (χ3v) is 15.7. The van der Waals surface area contributed by atoms with Crippen LogP contribution in [-0.4, -0.2) is 18.8 Å². The number of para-hydroxylation sites is 2. The average molecular weight is 1050 g/mol. The van der Waals surface area contributed by atoms with Crippen molar-refractivity contribution in [1.29, 1.82) is 0 Å². The molecular weight excluding hydrogens is 997 g/mol. The highest BCUT2D eigenvalue weighted by Gasteiger charge is 2.23. The van der Waals surface area contributed by atoms with Crippen LogP contribution in [0.1, 0.15) is 0 Å². The van der Waals surface area contributed by atoms with Crippen molar-refractivity contribution in [2.24, 2.45) is 0 Å². The standard InChI is InChI=1S/C76H52N6/c1-5-23-55(24-6-1)75-73(77-69-39-17-19-49-79(69)75)57-27-21-33-63(51-57)81(59-29-9-3-10-30-59)61-45-41-53(42-46-61)71-65-35-13-15-37-67(65)72(68-38-16-14-36-66(68)71)54-43-47-62(48-44-54)82(60-31-11-4-12-32-60)64-34-22-28-58(52-64)74-76(56-25-7-2-8-26-56)80-50-20-18-40-70(80)78-74/h1-52H. The van der Waals surface area contributed by atoms with Crippen molar-refractivity contribution in [2.75, 3.05) is 9.80 Å². The van der Waals surface area contributed by atoms with E-state index < -0.39 is 0 Å². The van der Waals surface area contributed by atoms with Crippen LogP contribution in [0.25, 0.3) is 100 Å². The number of benzene rings is 11. The third-order valence-electron chi connectivity index (χ3n) is 15.7. The minimum absolute atomic E-state index is 0.908. The summed E-state index contributed by atoms with van der Waals surface area (Å²) in [4.78, 5) is 15.1. The molecule has 0 aliphatic heterocycles. The van der Waals surface area contributed by atoms with Gasteiger partial charge < -0.3 is 9.80 Å². The molecule has 0 saturated carbocycles. The topological polar surface area (TPSA) is 41.1 Å². The lowest BCUT2D eigenvalue weighted by molar-refractivity contribution is 1.19. The molecule has 15 rings (SSSR count). The molecule has 15 aromatic rings. The van der Waals surface area contributed by atoms with Gasteiger partial charge in [0.15, 0.2) is 0 Å². The third kappa shape index (κ3) is 8.54. The van der Waals surface area contributed by atoms with Crippen LogP contribution in [0.5, 0.6) is 0 Å². The number of imidazole rings is 2. The lowest BCUT2D eigenvalue weighted by Crippen LogP contribution is -2.10. The molecule has 386 valence electrons. The minimum atomic E-state index is 0.908. The molecule has 0 fully saturated rings. The van der Waals surface area contributed by atoms with Crippen molar-refractivity contribution in [3.63, 3.8) is 0 Å². The second kappa shape index (κ2) is 20.6. The highest BCUT2D eigenvalue weighted by atomic mass is 15.1. The molecule has 4 aromatic heterocycles. The molecule has 0 bridgehead atoms. The summed E-state index contributed by atoms with van der Waals surface area (Å²) in [5.41, 5.74) is 21.2. The average Bonchev–Trinajstić information content (AvgIpc) is 4.24. The second-order valence-corrected chi connectivity index (χ2v) is 20.6. The minimum Gasteiger partial charge on any atom is -0.310 e. The number of pyridine rings is 2. The fourth-order valence-electron chi connectivity index (χ4n) is 12.1. The SMILES string of the molecule is c1ccc(-c2c(-c3cccc(N(c4ccccc4)c4ccc(-c5c6ccccc6c(-c6ccc(N(c7ccccc7)c7cccc(-c8nc9ccccn9c8-c8ccccc8)c7)cc6)c6ccccc56)cc4)c3)nc3ccccn23)cc1. The van der Waals surface area contributed by atoms with Gasteiger partial charge in [0.05, 0.1) is 22.8 Å². The van der Waals surface area contributed by atoms with Crippen molar-refractivity contribution < 1.29 is 0 Å². The Balaban J connectivity index is 0.804. The number of rotatable bonds is 12. The Kier molecular flexibility index (Phi) is 12.1. The smallest absolute Gasteiger partial charge is 0.137 e. The van der Waals surface area contributed by atoms with E-state index in [0.717, 1.165) is 102 Å². The molecule has 0 aliphatic rings. The van der Waals surface area contributed by atoms with Crippen molar-refractivity contribution in [3.8, 4) is 67.3 Å². The fraction of sp³-hybridized carbons (Fsp3) is 0. The van der Waals surface area contributed by atoms with Gasteiger partial charge in [-0.3, -0.25) is 8.80 Å². The predicted octanol–water partition coefficient (Wildman–Crippen LogP) is 20.2. The summed E-state index contributed by atoms with van der Waals surface area (Å²) >= 11 is 0. The van der Waals surface area contributed by atoms with Crippen LogP contribution in [0.2, 0.25) is 0 Å². The molecule has 0 spiro atoms. The first-order valence-electron chi connectivity index (χ1n) is 27.8. The van der Waals surface area contributed by atoms with Gasteiger partial charge in [-0.1, -0.05) is 206 Å². The molecule has 0 unspecified atom stereocenters. The molecule has 6 heteroatoms. The maximum absolute atomic E-state index is 5.23. The van der Waals surface area contributed by atoms with E-state index in [1.807, 2.05) is 12.1 Å². The van der Waals surface area contributed by atoms with Crippen molar-refractivity contribution >= 4 is 67.0 Å². The van der Waals surface area contributed by atoms with Crippen LogP contribution in [0.15, 0.2) is 316 Å². The van der Waals surface area contributed by atoms with Gasteiger partial charge in [-0.25, -0.2) is 9.97 Å². The van der Waals surface area contributed by atoms with Crippen LogP contribution in [0.4, 0.5) is 34.1 Å². The van der Waals surface area contributed by atoms with E-state index in [-0.39, 0.29) is 0 Å². The fourth-order valence-corrected chi connectivity index (χ4v) is 12.1. The number of hydrogen-bond acceptors (Lipinski definition) is 4. The second-order valence-electron chi connectivity index (χ2n) is 20.6. The number of aromatic nitrogens is 4. The van der Waals surface area contributed by atoms with E-state index in [0.29, 0.717) is 0 Å². The largest absolute Gasteiger partial charge is 0.310 e. The maximum Gasteiger partial charge on any atom is 0.137 e. The summed E-state index contributed by atoms with van der Waals surface area (Å²) in [7, 11) is 0. The Morgan fingerprint density at radius 1 is 0.232 bits per heavy atom. The van der Waals surface area contributed by atoms with Gasteiger partial charge in [0, 0.05) is 68.8 Å². The monoisotopic (exact) mass is 1050 g/mol. The van der Waals surface area contributed by atoms with Crippen LogP contribution in [-0.2, 0) is 0 Å². The first-order valence-corrected chi connectivity index (χ1v) is 27.8. The van der Waals surface area contributed by atoms with E-state index in [1.165, 1.54) is 32.7 Å². The molecule has 0 saturated heterocycles. The molecular formula is C76H52N6. The van der Waals surface area contributed by atoms with Crippen LogP contribution < -0.4 is 9.80 Å². The summed E-state index contributed by atoms with van der Waals surface area (Å²) in [6.45, 7) is 0. The summed E-state index contributed by atoms with van der Waals surface area (Å²) < 4.78 is 4.38. The predicted molar refractivity (Wildman–Crippen MR) is 341 cm³/mol. The van der Waals surface area contributed by atoms with E-state index in [4.69, 9.17) is 9.97 Å². The highest BCUT2D eigenvalue weighted by molar-refractivity contribution is 6.21. The molecule has 0 radical (unpaired) electrons. The van der Waals surface area contributed by atoms with E-state index in [9.17, 15) is 0 Å². The van der Waals surface area contributed by atoms with Gasteiger partial charge in [-0.15, -0.1) is 0 Å². The van der Waals surface area contributed by atoms with Gasteiger partial charge >= 0.3 is 0 Å². The molecule has 82 heavy (non-hydrogen) atoms. The Labute approximate surface area is 476 Å². The lowest BCUT2D eigenvalue weighted by Gasteiger charge is -2.26. The van der Waals surface area contributed by atoms with Crippen molar-refractivity contribution in [2.45, 2.75) is 0 Å². The van der Waals surface area contributed by atoms with Gasteiger partial charge in [-0.05, 0) is 141 Å². The summed E-state index contributed by atoms with van der Waals surface area (Å²) in [5, 5.41) is 4.80. The van der Waals surface area contributed by atoms with Crippen molar-refractivity contribution in [3.05, 3.63) is 316 Å². The van der Waals surface area contributed by atoms with E-state index in [1.54, 1.807) is 0 Å². The number of nitrogens with zero attached hydrogens (tertiary/aromatic N) is 6. The number of hydrogen-bond donors (Lipinski definition) is 0. The van der Waals surface area contributed by atoms with Crippen molar-refractivity contribution in [1.82, 2.24) is 18.8 Å². The van der Waals surface area contributed by atoms with Gasteiger partial charge in [0.25, 0.3) is 0 Å². The Morgan fingerprint density at radius 3 is 0.915 bits per heavy atom. The van der Waals surface area contributed by atoms with Crippen LogP contribution >= 0.6 is 0 Å². The molecule has 0 N–H and O–H groups in total. The van der Waals surface area contributed by atoms with Gasteiger partial charge in [0.2, 0.25) is 0 Å². The zero-order valence-corrected chi connectivity index (χ0v) is 44.7. The van der Waals surface area contributed by atoms with Gasteiger partial charge in [0.1, 0.15) is 11.3 Å². The highest BCUT2D eigenvalue weighted by Crippen LogP contribution is 2.47. The Hall–Kier alpha value is -11.1.